The Balaban J connectivity index is 1.54. The third-order valence-corrected chi connectivity index (χ3v) is 7.97. The van der Waals surface area contributed by atoms with Crippen molar-refractivity contribution in [2.24, 2.45) is 0 Å². The fraction of sp³-hybridized carbons (Fsp3) is 0.438. The van der Waals surface area contributed by atoms with E-state index in [2.05, 4.69) is 23.8 Å². The Hall–Kier alpha value is -3.05. The minimum Gasteiger partial charge on any atom is -0.345 e. The maximum Gasteiger partial charge on any atom is 0.254 e. The summed E-state index contributed by atoms with van der Waals surface area (Å²) in [5.74, 6) is -0.0529. The topological polar surface area (TPSA) is 45.6 Å². The summed E-state index contributed by atoms with van der Waals surface area (Å²) in [5.41, 5.74) is 3.97. The SMILES string of the molecule is CCCN(CC(=O)N(Cc1cccn1Cc1ccccc1Cl)C1CCCCC1)C(=O)c1ccc(CC)cc1. The number of aryl methyl sites for hydroxylation is 1. The van der Waals surface area contributed by atoms with Crippen molar-refractivity contribution < 1.29 is 9.59 Å². The molecule has 3 aromatic rings. The first-order chi connectivity index (χ1) is 18.5. The number of hydrogen-bond acceptors (Lipinski definition) is 2. The van der Waals surface area contributed by atoms with E-state index in [0.29, 0.717) is 25.2 Å². The number of nitrogens with zero attached hydrogens (tertiary/aromatic N) is 3. The first kappa shape index (κ1) is 28.0. The number of aromatic nitrogens is 1. The molecular weight excluding hydrogens is 494 g/mol. The maximum atomic E-state index is 13.9. The van der Waals surface area contributed by atoms with Gasteiger partial charge in [0, 0.05) is 41.6 Å². The van der Waals surface area contributed by atoms with Crippen molar-refractivity contribution in [3.05, 3.63) is 94.3 Å². The lowest BCUT2D eigenvalue weighted by atomic mass is 9.94. The molecule has 2 amide bonds. The zero-order chi connectivity index (χ0) is 26.9. The third kappa shape index (κ3) is 7.08. The molecule has 1 heterocycles. The summed E-state index contributed by atoms with van der Waals surface area (Å²) in [7, 11) is 0. The minimum atomic E-state index is -0.0754. The van der Waals surface area contributed by atoms with Crippen LogP contribution in [-0.2, 0) is 24.3 Å². The number of carbonyl (C=O) groups excluding carboxylic acids is 2. The fourth-order valence-corrected chi connectivity index (χ4v) is 5.58. The first-order valence-electron chi connectivity index (χ1n) is 14.0. The smallest absolute Gasteiger partial charge is 0.254 e. The Labute approximate surface area is 232 Å². The molecule has 1 aliphatic rings. The van der Waals surface area contributed by atoms with E-state index in [-0.39, 0.29) is 24.4 Å². The van der Waals surface area contributed by atoms with Gasteiger partial charge in [-0.2, -0.15) is 0 Å². The molecule has 1 saturated carbocycles. The van der Waals surface area contributed by atoms with Crippen molar-refractivity contribution in [1.29, 1.82) is 0 Å². The molecule has 0 N–H and O–H groups in total. The summed E-state index contributed by atoms with van der Waals surface area (Å²) in [6, 6.07) is 20.0. The summed E-state index contributed by atoms with van der Waals surface area (Å²) >= 11 is 6.44. The van der Waals surface area contributed by atoms with Crippen molar-refractivity contribution in [3.8, 4) is 0 Å². The van der Waals surface area contributed by atoms with Crippen LogP contribution in [0.5, 0.6) is 0 Å². The van der Waals surface area contributed by atoms with Crippen LogP contribution in [0.25, 0.3) is 0 Å². The van der Waals surface area contributed by atoms with Gasteiger partial charge in [-0.15, -0.1) is 0 Å². The lowest BCUT2D eigenvalue weighted by Crippen LogP contribution is -2.47. The Bertz CT molecular complexity index is 1200. The highest BCUT2D eigenvalue weighted by molar-refractivity contribution is 6.31. The van der Waals surface area contributed by atoms with Crippen LogP contribution in [0.15, 0.2) is 66.9 Å². The molecule has 0 spiro atoms. The van der Waals surface area contributed by atoms with Gasteiger partial charge in [0.2, 0.25) is 5.91 Å². The van der Waals surface area contributed by atoms with E-state index in [1.807, 2.05) is 66.4 Å². The lowest BCUT2D eigenvalue weighted by molar-refractivity contribution is -0.135. The van der Waals surface area contributed by atoms with E-state index in [9.17, 15) is 9.59 Å². The second-order valence-electron chi connectivity index (χ2n) is 10.3. The van der Waals surface area contributed by atoms with Crippen LogP contribution in [0.3, 0.4) is 0 Å². The van der Waals surface area contributed by atoms with Crippen molar-refractivity contribution in [3.63, 3.8) is 0 Å². The number of benzene rings is 2. The number of hydrogen-bond donors (Lipinski definition) is 0. The fourth-order valence-electron chi connectivity index (χ4n) is 5.39. The normalized spacial score (nSPS) is 13.9. The highest BCUT2D eigenvalue weighted by Crippen LogP contribution is 2.26. The Morgan fingerprint density at radius 3 is 2.37 bits per heavy atom. The highest BCUT2D eigenvalue weighted by atomic mass is 35.5. The van der Waals surface area contributed by atoms with E-state index >= 15 is 0 Å². The second kappa shape index (κ2) is 13.7. The molecule has 0 saturated heterocycles. The summed E-state index contributed by atoms with van der Waals surface area (Å²) in [6.45, 7) is 5.99. The molecule has 1 fully saturated rings. The number of rotatable bonds is 11. The van der Waals surface area contributed by atoms with Gasteiger partial charge in [-0.3, -0.25) is 9.59 Å². The largest absolute Gasteiger partial charge is 0.345 e. The van der Waals surface area contributed by atoms with Crippen molar-refractivity contribution in [1.82, 2.24) is 14.4 Å². The molecule has 0 bridgehead atoms. The zero-order valence-electron chi connectivity index (χ0n) is 22.7. The van der Waals surface area contributed by atoms with Crippen molar-refractivity contribution >= 4 is 23.4 Å². The minimum absolute atomic E-state index is 0.0226. The molecule has 38 heavy (non-hydrogen) atoms. The average molecular weight is 534 g/mol. The van der Waals surface area contributed by atoms with Gasteiger partial charge < -0.3 is 14.4 Å². The summed E-state index contributed by atoms with van der Waals surface area (Å²) in [5, 5.41) is 0.744. The van der Waals surface area contributed by atoms with Crippen molar-refractivity contribution in [2.45, 2.75) is 77.9 Å². The van der Waals surface area contributed by atoms with Crippen LogP contribution in [0, 0.1) is 0 Å². The van der Waals surface area contributed by atoms with Gasteiger partial charge in [-0.25, -0.2) is 0 Å². The summed E-state index contributed by atoms with van der Waals surface area (Å²) < 4.78 is 2.18. The zero-order valence-corrected chi connectivity index (χ0v) is 23.5. The highest BCUT2D eigenvalue weighted by Gasteiger charge is 2.29. The molecule has 2 aromatic carbocycles. The summed E-state index contributed by atoms with van der Waals surface area (Å²) in [4.78, 5) is 31.1. The van der Waals surface area contributed by atoms with Gasteiger partial charge >= 0.3 is 0 Å². The molecule has 6 heteroatoms. The van der Waals surface area contributed by atoms with Crippen LogP contribution in [0.2, 0.25) is 5.02 Å². The number of amides is 2. The van der Waals surface area contributed by atoms with Crippen LogP contribution in [-0.4, -0.2) is 45.3 Å². The standard InChI is InChI=1S/C32H40ClN3O2/c1-3-20-35(32(38)26-18-16-25(4-2)17-19-26)24-31(37)36(28-12-6-5-7-13-28)23-29-14-10-21-34(29)22-27-11-8-9-15-30(27)33/h8-11,14-19,21,28H,3-7,12-13,20,22-24H2,1-2H3. The Morgan fingerprint density at radius 2 is 1.68 bits per heavy atom. The van der Waals surface area contributed by atoms with Gasteiger partial charge in [-0.1, -0.05) is 75.0 Å². The van der Waals surface area contributed by atoms with E-state index < -0.39 is 0 Å². The Kier molecular flexibility index (Phi) is 10.1. The van der Waals surface area contributed by atoms with Crippen LogP contribution in [0.1, 0.15) is 79.6 Å². The number of carbonyl (C=O) groups is 2. The van der Waals surface area contributed by atoms with Gasteiger partial charge in [0.1, 0.15) is 6.54 Å². The second-order valence-corrected chi connectivity index (χ2v) is 10.7. The van der Waals surface area contributed by atoms with Gasteiger partial charge in [0.05, 0.1) is 6.54 Å². The quantitative estimate of drug-likeness (QED) is 0.267. The molecule has 1 aromatic heterocycles. The van der Waals surface area contributed by atoms with E-state index in [0.717, 1.165) is 54.8 Å². The monoisotopic (exact) mass is 533 g/mol. The molecule has 5 nitrogen and oxygen atoms in total. The molecule has 1 aliphatic carbocycles. The predicted molar refractivity (Wildman–Crippen MR) is 154 cm³/mol. The molecule has 0 aliphatic heterocycles. The van der Waals surface area contributed by atoms with Gasteiger partial charge in [0.25, 0.3) is 5.91 Å². The summed E-state index contributed by atoms with van der Waals surface area (Å²) in [6.07, 6.45) is 9.29. The molecule has 0 atom stereocenters. The van der Waals surface area contributed by atoms with Crippen LogP contribution < -0.4 is 0 Å². The lowest BCUT2D eigenvalue weighted by Gasteiger charge is -2.36. The Morgan fingerprint density at radius 1 is 0.947 bits per heavy atom. The average Bonchev–Trinajstić information content (AvgIpc) is 3.39. The van der Waals surface area contributed by atoms with E-state index in [1.165, 1.54) is 12.0 Å². The van der Waals surface area contributed by atoms with Crippen molar-refractivity contribution in [2.75, 3.05) is 13.1 Å². The molecular formula is C32H40ClN3O2. The third-order valence-electron chi connectivity index (χ3n) is 7.61. The van der Waals surface area contributed by atoms with Gasteiger partial charge in [-0.05, 0) is 67.1 Å². The number of halogens is 1. The van der Waals surface area contributed by atoms with E-state index in [4.69, 9.17) is 11.6 Å². The molecule has 0 radical (unpaired) electrons. The van der Waals surface area contributed by atoms with Crippen LogP contribution >= 0.6 is 11.6 Å². The maximum absolute atomic E-state index is 13.9. The molecule has 0 unspecified atom stereocenters. The van der Waals surface area contributed by atoms with Gasteiger partial charge in [0.15, 0.2) is 0 Å². The predicted octanol–water partition coefficient (Wildman–Crippen LogP) is 6.97. The van der Waals surface area contributed by atoms with Crippen LogP contribution in [0.4, 0.5) is 0 Å². The van der Waals surface area contributed by atoms with E-state index in [1.54, 1.807) is 4.90 Å². The molecule has 202 valence electrons. The molecule has 4 rings (SSSR count). The first-order valence-corrected chi connectivity index (χ1v) is 14.4.